The second-order valence-corrected chi connectivity index (χ2v) is 3.69. The van der Waals surface area contributed by atoms with Gasteiger partial charge in [-0.25, -0.2) is 9.59 Å². The Bertz CT molecular complexity index is 610. The number of hydrogen-bond donors (Lipinski definition) is 0. The number of allylic oxidation sites excluding steroid dienone is 2. The zero-order valence-electron chi connectivity index (χ0n) is 10.8. The van der Waals surface area contributed by atoms with Crippen molar-refractivity contribution in [1.29, 1.82) is 0 Å². The van der Waals surface area contributed by atoms with E-state index >= 15 is 0 Å². The number of hydrogen-bond acceptors (Lipinski definition) is 4. The molecule has 1 rings (SSSR count). The molecule has 0 spiro atoms. The third-order valence-electron chi connectivity index (χ3n) is 2.37. The molecule has 6 nitrogen and oxygen atoms in total. The van der Waals surface area contributed by atoms with Crippen LogP contribution in [0.2, 0.25) is 0 Å². The van der Waals surface area contributed by atoms with Gasteiger partial charge < -0.3 is 4.74 Å². The summed E-state index contributed by atoms with van der Waals surface area (Å²) >= 11 is 0. The van der Waals surface area contributed by atoms with Gasteiger partial charge in [0.05, 0.1) is 6.61 Å². The van der Waals surface area contributed by atoms with E-state index in [1.165, 1.54) is 22.9 Å². The second kappa shape index (κ2) is 6.53. The Hall–Kier alpha value is -2.37. The van der Waals surface area contributed by atoms with Crippen LogP contribution in [0.5, 0.6) is 0 Å². The molecule has 0 N–H and O–H groups in total. The number of nitrogens with zero attached hydrogens (tertiary/aromatic N) is 2. The number of rotatable bonds is 6. The Kier molecular flexibility index (Phi) is 5.05. The van der Waals surface area contributed by atoms with E-state index in [1.807, 2.05) is 0 Å². The van der Waals surface area contributed by atoms with Crippen molar-refractivity contribution in [3.05, 3.63) is 57.9 Å². The molecule has 0 atom stereocenters. The summed E-state index contributed by atoms with van der Waals surface area (Å²) in [6, 6.07) is 0. The van der Waals surface area contributed by atoms with Crippen molar-refractivity contribution in [3.63, 3.8) is 0 Å². The highest BCUT2D eigenvalue weighted by molar-refractivity contribution is 5.88. The van der Waals surface area contributed by atoms with Crippen LogP contribution in [0.1, 0.15) is 17.3 Å². The molecular weight excluding hydrogens is 248 g/mol. The van der Waals surface area contributed by atoms with E-state index in [0.29, 0.717) is 0 Å². The lowest BCUT2D eigenvalue weighted by Crippen LogP contribution is -2.42. The molecule has 1 heterocycles. The van der Waals surface area contributed by atoms with Gasteiger partial charge in [-0.2, -0.15) is 0 Å². The maximum Gasteiger partial charge on any atom is 0.345 e. The summed E-state index contributed by atoms with van der Waals surface area (Å²) in [5.74, 6) is -0.747. The summed E-state index contributed by atoms with van der Waals surface area (Å²) < 4.78 is 6.96. The monoisotopic (exact) mass is 264 g/mol. The molecule has 1 aromatic rings. The van der Waals surface area contributed by atoms with Crippen molar-refractivity contribution < 1.29 is 9.53 Å². The van der Waals surface area contributed by atoms with Gasteiger partial charge in [0, 0.05) is 19.3 Å². The van der Waals surface area contributed by atoms with Gasteiger partial charge in [0.15, 0.2) is 0 Å². The fourth-order valence-electron chi connectivity index (χ4n) is 1.56. The van der Waals surface area contributed by atoms with Gasteiger partial charge in [0.25, 0.3) is 5.56 Å². The maximum atomic E-state index is 12.0. The third-order valence-corrected chi connectivity index (χ3v) is 2.37. The number of carbonyl (C=O) groups is 1. The smallest absolute Gasteiger partial charge is 0.345 e. The first kappa shape index (κ1) is 14.7. The fraction of sp³-hybridized carbons (Fsp3) is 0.308. The Morgan fingerprint density at radius 2 is 1.95 bits per heavy atom. The van der Waals surface area contributed by atoms with Gasteiger partial charge in [0.1, 0.15) is 5.56 Å². The summed E-state index contributed by atoms with van der Waals surface area (Å²) in [5, 5.41) is 0. The van der Waals surface area contributed by atoms with Crippen molar-refractivity contribution in [3.8, 4) is 0 Å². The highest BCUT2D eigenvalue weighted by atomic mass is 16.5. The lowest BCUT2D eigenvalue weighted by Gasteiger charge is -2.10. The first-order chi connectivity index (χ1) is 9.06. The standard InChI is InChI=1S/C13H16N2O4/c1-4-7-14-9-10(12(17)19-6-3)11(16)15(8-5-2)13(14)18/h4-5,9H,1-2,6-8H2,3H3. The molecule has 1 aromatic heterocycles. The largest absolute Gasteiger partial charge is 0.462 e. The van der Waals surface area contributed by atoms with Crippen LogP contribution in [0.3, 0.4) is 0 Å². The molecule has 102 valence electrons. The normalized spacial score (nSPS) is 9.95. The fourth-order valence-corrected chi connectivity index (χ4v) is 1.56. The molecule has 0 saturated carbocycles. The minimum atomic E-state index is -0.747. The van der Waals surface area contributed by atoms with Gasteiger partial charge in [0.2, 0.25) is 0 Å². The maximum absolute atomic E-state index is 12.0. The predicted octanol–water partition coefficient (Wildman–Crippen LogP) is 0.559. The molecule has 0 bridgehead atoms. The van der Waals surface area contributed by atoms with E-state index in [9.17, 15) is 14.4 Å². The van der Waals surface area contributed by atoms with Gasteiger partial charge in [-0.15, -0.1) is 13.2 Å². The van der Waals surface area contributed by atoms with Crippen LogP contribution in [-0.2, 0) is 17.8 Å². The summed E-state index contributed by atoms with van der Waals surface area (Å²) in [5.41, 5.74) is -1.37. The van der Waals surface area contributed by atoms with Gasteiger partial charge in [-0.3, -0.25) is 13.9 Å². The molecule has 0 unspecified atom stereocenters. The Morgan fingerprint density at radius 3 is 2.47 bits per heavy atom. The average Bonchev–Trinajstić information content (AvgIpc) is 2.38. The van der Waals surface area contributed by atoms with Crippen LogP contribution in [0.4, 0.5) is 0 Å². The number of ether oxygens (including phenoxy) is 1. The Morgan fingerprint density at radius 1 is 1.32 bits per heavy atom. The topological polar surface area (TPSA) is 70.3 Å². The molecular formula is C13H16N2O4. The summed E-state index contributed by atoms with van der Waals surface area (Å²) in [6.07, 6.45) is 4.11. The Labute approximate surface area is 110 Å². The van der Waals surface area contributed by atoms with Crippen molar-refractivity contribution in [2.45, 2.75) is 20.0 Å². The minimum absolute atomic E-state index is 0.0298. The van der Waals surface area contributed by atoms with Crippen molar-refractivity contribution in [1.82, 2.24) is 9.13 Å². The molecule has 0 aliphatic rings. The number of aromatic nitrogens is 2. The van der Waals surface area contributed by atoms with Gasteiger partial charge in [-0.05, 0) is 6.92 Å². The minimum Gasteiger partial charge on any atom is -0.462 e. The molecule has 6 heteroatoms. The van der Waals surface area contributed by atoms with E-state index in [2.05, 4.69) is 13.2 Å². The molecule has 0 saturated heterocycles. The number of carbonyl (C=O) groups excluding carboxylic acids is 1. The van der Waals surface area contributed by atoms with Crippen LogP contribution < -0.4 is 11.2 Å². The SMILES string of the molecule is C=CCn1cc(C(=O)OCC)c(=O)n(CC=C)c1=O. The Balaban J connectivity index is 3.51. The molecule has 0 amide bonds. The first-order valence-electron chi connectivity index (χ1n) is 5.80. The van der Waals surface area contributed by atoms with Crippen molar-refractivity contribution in [2.24, 2.45) is 0 Å². The molecule has 0 aromatic carbocycles. The highest BCUT2D eigenvalue weighted by Gasteiger charge is 2.17. The van der Waals surface area contributed by atoms with Crippen LogP contribution in [0.15, 0.2) is 41.1 Å². The van der Waals surface area contributed by atoms with Crippen molar-refractivity contribution >= 4 is 5.97 Å². The first-order valence-corrected chi connectivity index (χ1v) is 5.80. The lowest BCUT2D eigenvalue weighted by atomic mass is 10.3. The molecule has 0 fully saturated rings. The summed E-state index contributed by atoms with van der Waals surface area (Å²) in [7, 11) is 0. The van der Waals surface area contributed by atoms with E-state index < -0.39 is 17.2 Å². The van der Waals surface area contributed by atoms with E-state index in [4.69, 9.17) is 4.74 Å². The third kappa shape index (κ3) is 3.09. The quantitative estimate of drug-likeness (QED) is 0.556. The zero-order valence-corrected chi connectivity index (χ0v) is 10.8. The van der Waals surface area contributed by atoms with Crippen molar-refractivity contribution in [2.75, 3.05) is 6.61 Å². The predicted molar refractivity (Wildman–Crippen MR) is 71.3 cm³/mol. The zero-order chi connectivity index (χ0) is 14.4. The molecule has 19 heavy (non-hydrogen) atoms. The summed E-state index contributed by atoms with van der Waals surface area (Å²) in [6.45, 7) is 9.02. The highest BCUT2D eigenvalue weighted by Crippen LogP contribution is 1.95. The molecule has 0 aliphatic heterocycles. The van der Waals surface area contributed by atoms with Gasteiger partial charge >= 0.3 is 11.7 Å². The van der Waals surface area contributed by atoms with Crippen LogP contribution in [0.25, 0.3) is 0 Å². The van der Waals surface area contributed by atoms with Gasteiger partial charge in [-0.1, -0.05) is 12.2 Å². The second-order valence-electron chi connectivity index (χ2n) is 3.69. The van der Waals surface area contributed by atoms with E-state index in [-0.39, 0.29) is 25.3 Å². The van der Waals surface area contributed by atoms with E-state index in [1.54, 1.807) is 6.92 Å². The molecule has 0 radical (unpaired) electrons. The summed E-state index contributed by atoms with van der Waals surface area (Å²) in [4.78, 5) is 35.7. The number of esters is 1. The molecule has 0 aliphatic carbocycles. The van der Waals surface area contributed by atoms with Crippen LogP contribution >= 0.6 is 0 Å². The van der Waals surface area contributed by atoms with Crippen LogP contribution in [-0.4, -0.2) is 21.7 Å². The van der Waals surface area contributed by atoms with Crippen LogP contribution in [0, 0.1) is 0 Å². The van der Waals surface area contributed by atoms with E-state index in [0.717, 1.165) is 4.57 Å². The average molecular weight is 264 g/mol. The lowest BCUT2D eigenvalue weighted by molar-refractivity contribution is 0.0522.